The molecule has 0 saturated carbocycles. The van der Waals surface area contributed by atoms with Crippen LogP contribution in [0.15, 0.2) is 0 Å². The molecule has 6 heavy (non-hydrogen) atoms. The van der Waals surface area contributed by atoms with Gasteiger partial charge in [0.15, 0.2) is 0 Å². The first-order valence-corrected chi connectivity index (χ1v) is 0.928. The van der Waals surface area contributed by atoms with Crippen molar-refractivity contribution in [3.05, 3.63) is 0 Å². The van der Waals surface area contributed by atoms with E-state index in [1.165, 1.54) is 0 Å². The summed E-state index contributed by atoms with van der Waals surface area (Å²) in [6.45, 7) is 1.08. The molecule has 0 heterocycles. The van der Waals surface area contributed by atoms with Crippen LogP contribution in [0, 0.1) is 0 Å². The van der Waals surface area contributed by atoms with E-state index in [2.05, 4.69) is 0 Å². The molecule has 0 rings (SSSR count). The zero-order valence-electron chi connectivity index (χ0n) is 3.86. The molecule has 0 saturated heterocycles. The first kappa shape index (κ1) is 16.6. The first-order valence-electron chi connectivity index (χ1n) is 0.928. The molecule has 0 spiro atoms. The average molecular weight is 85.0 g/mol. The number of carbonyl (C=O) groups is 1. The maximum atomic E-state index is 9.00. The van der Waals surface area contributed by atoms with E-state index in [1.807, 2.05) is 0 Å². The van der Waals surface area contributed by atoms with Crippen LogP contribution in [0.3, 0.4) is 0 Å². The summed E-state index contributed by atoms with van der Waals surface area (Å²) in [6, 6.07) is 0. The molecular formula is C2H6LiO3. The van der Waals surface area contributed by atoms with E-state index in [0.717, 1.165) is 6.92 Å². The SMILES string of the molecule is CC(=O)O.O.[Li]. The zero-order chi connectivity index (χ0) is 3.58. The second kappa shape index (κ2) is 8.90. The quantitative estimate of drug-likeness (QED) is 0.379. The van der Waals surface area contributed by atoms with E-state index in [0.29, 0.717) is 0 Å². The minimum Gasteiger partial charge on any atom is -0.481 e. The Morgan fingerprint density at radius 3 is 1.67 bits per heavy atom. The maximum absolute atomic E-state index is 9.00. The van der Waals surface area contributed by atoms with Gasteiger partial charge in [0.05, 0.1) is 0 Å². The van der Waals surface area contributed by atoms with E-state index in [1.54, 1.807) is 0 Å². The number of aliphatic carboxylic acids is 1. The van der Waals surface area contributed by atoms with Gasteiger partial charge in [-0.25, -0.2) is 0 Å². The molecule has 0 aliphatic carbocycles. The fourth-order valence-electron chi connectivity index (χ4n) is 0. The molecule has 4 heteroatoms. The number of rotatable bonds is 0. The van der Waals surface area contributed by atoms with Gasteiger partial charge in [-0.15, -0.1) is 0 Å². The zero-order valence-corrected chi connectivity index (χ0v) is 3.86. The second-order valence-corrected chi connectivity index (χ2v) is 0.519. The fourth-order valence-corrected chi connectivity index (χ4v) is 0. The van der Waals surface area contributed by atoms with Crippen molar-refractivity contribution >= 4 is 24.8 Å². The van der Waals surface area contributed by atoms with Crippen molar-refractivity contribution in [2.75, 3.05) is 0 Å². The van der Waals surface area contributed by atoms with E-state index in [9.17, 15) is 0 Å². The van der Waals surface area contributed by atoms with Crippen molar-refractivity contribution in [2.45, 2.75) is 6.92 Å². The van der Waals surface area contributed by atoms with Crippen molar-refractivity contribution in [2.24, 2.45) is 0 Å². The van der Waals surface area contributed by atoms with Crippen LogP contribution in [0.25, 0.3) is 0 Å². The predicted molar refractivity (Wildman–Crippen MR) is 22.7 cm³/mol. The van der Waals surface area contributed by atoms with Gasteiger partial charge in [-0.2, -0.15) is 0 Å². The molecule has 0 amide bonds. The molecule has 0 aliphatic heterocycles. The maximum Gasteiger partial charge on any atom is 0.300 e. The number of hydrogen-bond acceptors (Lipinski definition) is 1. The van der Waals surface area contributed by atoms with Gasteiger partial charge in [-0.1, -0.05) is 0 Å². The van der Waals surface area contributed by atoms with E-state index in [-0.39, 0.29) is 24.3 Å². The normalized spacial score (nSPS) is 4.17. The Morgan fingerprint density at radius 1 is 1.67 bits per heavy atom. The molecule has 33 valence electrons. The van der Waals surface area contributed by atoms with Crippen LogP contribution in [0.4, 0.5) is 0 Å². The van der Waals surface area contributed by atoms with Gasteiger partial charge in [0.2, 0.25) is 0 Å². The van der Waals surface area contributed by atoms with Crippen LogP contribution in [0.2, 0.25) is 0 Å². The molecule has 0 aromatic rings. The Balaban J connectivity index is -0.0000000450. The molecule has 1 radical (unpaired) electrons. The minimum atomic E-state index is -0.833. The van der Waals surface area contributed by atoms with Gasteiger partial charge >= 0.3 is 0 Å². The van der Waals surface area contributed by atoms with Crippen LogP contribution in [0.1, 0.15) is 6.92 Å². The van der Waals surface area contributed by atoms with Gasteiger partial charge in [0.25, 0.3) is 5.97 Å². The van der Waals surface area contributed by atoms with Crippen LogP contribution in [-0.2, 0) is 4.79 Å². The van der Waals surface area contributed by atoms with Gasteiger partial charge in [-0.05, 0) is 0 Å². The van der Waals surface area contributed by atoms with E-state index >= 15 is 0 Å². The van der Waals surface area contributed by atoms with Crippen molar-refractivity contribution in [1.29, 1.82) is 0 Å². The summed E-state index contributed by atoms with van der Waals surface area (Å²) in [6.07, 6.45) is 0. The van der Waals surface area contributed by atoms with Crippen molar-refractivity contribution in [3.8, 4) is 0 Å². The van der Waals surface area contributed by atoms with Crippen molar-refractivity contribution < 1.29 is 15.4 Å². The molecule has 3 N–H and O–H groups in total. The molecule has 0 atom stereocenters. The van der Waals surface area contributed by atoms with Crippen LogP contribution >= 0.6 is 0 Å². The van der Waals surface area contributed by atoms with Crippen molar-refractivity contribution in [3.63, 3.8) is 0 Å². The van der Waals surface area contributed by atoms with Gasteiger partial charge in [0, 0.05) is 25.8 Å². The molecule has 0 aliphatic rings. The Kier molecular flexibility index (Phi) is 24.6. The van der Waals surface area contributed by atoms with Crippen molar-refractivity contribution in [1.82, 2.24) is 0 Å². The molecule has 0 bridgehead atoms. The van der Waals surface area contributed by atoms with E-state index in [4.69, 9.17) is 9.90 Å². The third-order valence-electron chi connectivity index (χ3n) is 0. The monoisotopic (exact) mass is 85.0 g/mol. The summed E-state index contributed by atoms with van der Waals surface area (Å²) >= 11 is 0. The van der Waals surface area contributed by atoms with Gasteiger partial charge < -0.3 is 10.6 Å². The number of carboxylic acids is 1. The van der Waals surface area contributed by atoms with Crippen LogP contribution in [0.5, 0.6) is 0 Å². The largest absolute Gasteiger partial charge is 0.481 e. The number of carboxylic acid groups (broad SMARTS) is 1. The van der Waals surface area contributed by atoms with Gasteiger partial charge in [0.1, 0.15) is 0 Å². The first-order chi connectivity index (χ1) is 1.73. The number of hydrogen-bond donors (Lipinski definition) is 1. The van der Waals surface area contributed by atoms with E-state index < -0.39 is 5.97 Å². The Labute approximate surface area is 47.8 Å². The second-order valence-electron chi connectivity index (χ2n) is 0.519. The summed E-state index contributed by atoms with van der Waals surface area (Å²) in [7, 11) is 0. The van der Waals surface area contributed by atoms with Crippen LogP contribution in [-0.4, -0.2) is 35.4 Å². The smallest absolute Gasteiger partial charge is 0.300 e. The molecule has 0 fully saturated rings. The summed E-state index contributed by atoms with van der Waals surface area (Å²) in [4.78, 5) is 9.00. The minimum absolute atomic E-state index is 0. The Morgan fingerprint density at radius 2 is 1.67 bits per heavy atom. The summed E-state index contributed by atoms with van der Waals surface area (Å²) in [5.41, 5.74) is 0. The predicted octanol–water partition coefficient (Wildman–Crippen LogP) is -1.11. The molecule has 0 aromatic heterocycles. The van der Waals surface area contributed by atoms with Crippen LogP contribution < -0.4 is 0 Å². The Bertz CT molecular complexity index is 31.8. The fraction of sp³-hybridized carbons (Fsp3) is 0.500. The summed E-state index contributed by atoms with van der Waals surface area (Å²) in [5, 5.41) is 7.42. The standard InChI is InChI=1S/C2H4O2.Li.H2O/c1-2(3)4;;/h1H3,(H,3,4);;1H2. The molecule has 0 aromatic carbocycles. The Hall–Kier alpha value is 0.0274. The topological polar surface area (TPSA) is 68.8 Å². The molecule has 3 nitrogen and oxygen atoms in total. The summed E-state index contributed by atoms with van der Waals surface area (Å²) in [5.74, 6) is -0.833. The average Bonchev–Trinajstić information content (AvgIpc) is 0.811. The third kappa shape index (κ3) is 49200. The third-order valence-corrected chi connectivity index (χ3v) is 0. The molecular weight excluding hydrogens is 79.0 g/mol. The van der Waals surface area contributed by atoms with Gasteiger partial charge in [-0.3, -0.25) is 4.79 Å². The molecule has 0 unspecified atom stereocenters. The summed E-state index contributed by atoms with van der Waals surface area (Å²) < 4.78 is 0.